The topological polar surface area (TPSA) is 75.4 Å². The predicted molar refractivity (Wildman–Crippen MR) is 67.3 cm³/mol. The zero-order valence-electron chi connectivity index (χ0n) is 10.6. The Morgan fingerprint density at radius 3 is 2.55 bits per heavy atom. The number of halogens is 3. The molecule has 1 aliphatic rings. The van der Waals surface area contributed by atoms with Gasteiger partial charge < -0.3 is 16.2 Å². The molecule has 4 nitrogen and oxygen atoms in total. The lowest BCUT2D eigenvalue weighted by Gasteiger charge is -2.35. The molecule has 0 amide bonds. The molecule has 1 heterocycles. The van der Waals surface area contributed by atoms with E-state index < -0.39 is 23.1 Å². The minimum absolute atomic E-state index is 0.133. The van der Waals surface area contributed by atoms with Crippen molar-refractivity contribution in [1.29, 1.82) is 0 Å². The van der Waals surface area contributed by atoms with Crippen LogP contribution < -0.4 is 11.1 Å². The number of anilines is 1. The average Bonchev–Trinajstić information content (AvgIpc) is 2.38. The molecular weight excluding hydrogens is 273 g/mol. The summed E-state index contributed by atoms with van der Waals surface area (Å²) in [6.45, 7) is 0.855. The SMILES string of the molecule is Nc1cc(C(F)(F)F)ccc1C1(C(=O)O)CCCNC1. The standard InChI is InChI=1S/C13H15F3N2O2/c14-13(15,16)8-2-3-9(10(17)6-8)12(11(19)20)4-1-5-18-7-12/h2-3,6,18H,1,4-5,7,17H2,(H,19,20). The average molecular weight is 288 g/mol. The van der Waals surface area contributed by atoms with Crippen LogP contribution in [0.3, 0.4) is 0 Å². The summed E-state index contributed by atoms with van der Waals surface area (Å²) < 4.78 is 37.8. The highest BCUT2D eigenvalue weighted by Gasteiger charge is 2.43. The highest BCUT2D eigenvalue weighted by atomic mass is 19.4. The van der Waals surface area contributed by atoms with E-state index in [2.05, 4.69) is 5.32 Å². The number of piperidine rings is 1. The molecule has 1 aromatic rings. The minimum atomic E-state index is -4.49. The molecule has 1 aliphatic heterocycles. The number of nitrogens with one attached hydrogen (secondary N) is 1. The first-order valence-electron chi connectivity index (χ1n) is 6.19. The van der Waals surface area contributed by atoms with Crippen LogP contribution in [-0.2, 0) is 16.4 Å². The van der Waals surface area contributed by atoms with Gasteiger partial charge in [-0.05, 0) is 37.1 Å². The number of rotatable bonds is 2. The first-order chi connectivity index (χ1) is 9.27. The van der Waals surface area contributed by atoms with Gasteiger partial charge in [0.25, 0.3) is 0 Å². The molecule has 0 bridgehead atoms. The summed E-state index contributed by atoms with van der Waals surface area (Å²) in [7, 11) is 0. The van der Waals surface area contributed by atoms with Crippen molar-refractivity contribution in [2.45, 2.75) is 24.4 Å². The maximum absolute atomic E-state index is 12.6. The molecule has 1 unspecified atom stereocenters. The number of carboxylic acid groups (broad SMARTS) is 1. The predicted octanol–water partition coefficient (Wildman–Crippen LogP) is 1.99. The van der Waals surface area contributed by atoms with Gasteiger partial charge in [0.2, 0.25) is 0 Å². The number of nitrogens with two attached hydrogens (primary N) is 1. The molecule has 1 fully saturated rings. The molecule has 0 radical (unpaired) electrons. The number of carboxylic acids is 1. The third-order valence-corrected chi connectivity index (χ3v) is 3.69. The van der Waals surface area contributed by atoms with Gasteiger partial charge in [0.1, 0.15) is 5.41 Å². The fraction of sp³-hybridized carbons (Fsp3) is 0.462. The van der Waals surface area contributed by atoms with Gasteiger partial charge in [-0.15, -0.1) is 0 Å². The van der Waals surface area contributed by atoms with Gasteiger partial charge in [-0.3, -0.25) is 4.79 Å². The van der Waals surface area contributed by atoms with Crippen molar-refractivity contribution in [3.8, 4) is 0 Å². The number of benzene rings is 1. The van der Waals surface area contributed by atoms with E-state index in [-0.39, 0.29) is 17.8 Å². The summed E-state index contributed by atoms with van der Waals surface area (Å²) in [4.78, 5) is 11.6. The Kier molecular flexibility index (Phi) is 3.64. The molecule has 110 valence electrons. The number of hydrogen-bond donors (Lipinski definition) is 3. The van der Waals surface area contributed by atoms with Crippen LogP contribution in [0, 0.1) is 0 Å². The van der Waals surface area contributed by atoms with E-state index in [9.17, 15) is 23.1 Å². The number of carbonyl (C=O) groups is 1. The first kappa shape index (κ1) is 14.6. The lowest BCUT2D eigenvalue weighted by molar-refractivity contribution is -0.144. The van der Waals surface area contributed by atoms with Gasteiger partial charge in [0.15, 0.2) is 0 Å². The van der Waals surface area contributed by atoms with Gasteiger partial charge >= 0.3 is 12.1 Å². The van der Waals surface area contributed by atoms with E-state index in [1.165, 1.54) is 6.07 Å². The molecule has 1 atom stereocenters. The van der Waals surface area contributed by atoms with Gasteiger partial charge in [-0.2, -0.15) is 13.2 Å². The highest BCUT2D eigenvalue weighted by Crippen LogP contribution is 2.38. The van der Waals surface area contributed by atoms with E-state index in [4.69, 9.17) is 5.73 Å². The van der Waals surface area contributed by atoms with Crippen molar-refractivity contribution in [3.63, 3.8) is 0 Å². The molecule has 1 saturated heterocycles. The van der Waals surface area contributed by atoms with Crippen molar-refractivity contribution < 1.29 is 23.1 Å². The minimum Gasteiger partial charge on any atom is -0.481 e. The molecule has 0 aromatic heterocycles. The van der Waals surface area contributed by atoms with E-state index in [0.29, 0.717) is 19.4 Å². The second-order valence-electron chi connectivity index (χ2n) is 4.97. The van der Waals surface area contributed by atoms with E-state index in [1.807, 2.05) is 0 Å². The van der Waals surface area contributed by atoms with Crippen molar-refractivity contribution in [2.75, 3.05) is 18.8 Å². The van der Waals surface area contributed by atoms with Crippen LogP contribution in [0.5, 0.6) is 0 Å². The van der Waals surface area contributed by atoms with Crippen molar-refractivity contribution in [2.24, 2.45) is 0 Å². The molecule has 1 aromatic carbocycles. The van der Waals surface area contributed by atoms with Crippen molar-refractivity contribution in [1.82, 2.24) is 5.32 Å². The van der Waals surface area contributed by atoms with Crippen LogP contribution >= 0.6 is 0 Å². The van der Waals surface area contributed by atoms with E-state index in [0.717, 1.165) is 12.1 Å². The maximum atomic E-state index is 12.6. The lowest BCUT2D eigenvalue weighted by atomic mass is 9.74. The Labute approximate surface area is 113 Å². The molecule has 0 saturated carbocycles. The van der Waals surface area contributed by atoms with Crippen molar-refractivity contribution in [3.05, 3.63) is 29.3 Å². The number of aliphatic carboxylic acids is 1. The second kappa shape index (κ2) is 4.97. The Bertz CT molecular complexity index is 523. The summed E-state index contributed by atoms with van der Waals surface area (Å²) >= 11 is 0. The van der Waals surface area contributed by atoms with Crippen LogP contribution in [0.15, 0.2) is 18.2 Å². The molecule has 4 N–H and O–H groups in total. The zero-order valence-corrected chi connectivity index (χ0v) is 10.6. The highest BCUT2D eigenvalue weighted by molar-refractivity contribution is 5.84. The van der Waals surface area contributed by atoms with Gasteiger partial charge in [-0.25, -0.2) is 0 Å². The third-order valence-electron chi connectivity index (χ3n) is 3.69. The third kappa shape index (κ3) is 2.45. The zero-order chi connectivity index (χ0) is 15.0. The number of nitrogen functional groups attached to an aromatic ring is 1. The molecule has 0 aliphatic carbocycles. The lowest BCUT2D eigenvalue weighted by Crippen LogP contribution is -2.49. The fourth-order valence-electron chi connectivity index (χ4n) is 2.61. The Hall–Kier alpha value is -1.76. The molecule has 2 rings (SSSR count). The Balaban J connectivity index is 2.48. The summed E-state index contributed by atoms with van der Waals surface area (Å²) in [5, 5.41) is 12.4. The van der Waals surface area contributed by atoms with Crippen LogP contribution in [0.4, 0.5) is 18.9 Å². The summed E-state index contributed by atoms with van der Waals surface area (Å²) in [5.41, 5.74) is 3.66. The molecular formula is C13H15F3N2O2. The number of alkyl halides is 3. The van der Waals surface area contributed by atoms with Crippen LogP contribution in [0.25, 0.3) is 0 Å². The normalized spacial score (nSPS) is 23.6. The van der Waals surface area contributed by atoms with Gasteiger partial charge in [0, 0.05) is 12.2 Å². The number of hydrogen-bond acceptors (Lipinski definition) is 3. The quantitative estimate of drug-likeness (QED) is 0.728. The molecule has 7 heteroatoms. The largest absolute Gasteiger partial charge is 0.481 e. The van der Waals surface area contributed by atoms with E-state index in [1.54, 1.807) is 0 Å². The van der Waals surface area contributed by atoms with Gasteiger partial charge in [0.05, 0.1) is 5.56 Å². The van der Waals surface area contributed by atoms with Crippen LogP contribution in [0.2, 0.25) is 0 Å². The van der Waals surface area contributed by atoms with E-state index >= 15 is 0 Å². The summed E-state index contributed by atoms with van der Waals surface area (Å²) in [6, 6.07) is 2.86. The second-order valence-corrected chi connectivity index (χ2v) is 4.97. The summed E-state index contributed by atoms with van der Waals surface area (Å²) in [5.74, 6) is -1.07. The maximum Gasteiger partial charge on any atom is 0.416 e. The Morgan fingerprint density at radius 2 is 2.10 bits per heavy atom. The van der Waals surface area contributed by atoms with Crippen LogP contribution in [0.1, 0.15) is 24.0 Å². The summed E-state index contributed by atoms with van der Waals surface area (Å²) in [6.07, 6.45) is -3.51. The van der Waals surface area contributed by atoms with Gasteiger partial charge in [-0.1, -0.05) is 6.07 Å². The Morgan fingerprint density at radius 1 is 1.40 bits per heavy atom. The smallest absolute Gasteiger partial charge is 0.416 e. The first-order valence-corrected chi connectivity index (χ1v) is 6.19. The van der Waals surface area contributed by atoms with Crippen molar-refractivity contribution >= 4 is 11.7 Å². The van der Waals surface area contributed by atoms with Crippen LogP contribution in [-0.4, -0.2) is 24.2 Å². The molecule has 0 spiro atoms. The fourth-order valence-corrected chi connectivity index (χ4v) is 2.61. The monoisotopic (exact) mass is 288 g/mol. The molecule has 20 heavy (non-hydrogen) atoms.